The Morgan fingerprint density at radius 3 is 3.00 bits per heavy atom. The normalized spacial score (nSPS) is 20.2. The SMILES string of the molecule is CC(N)c1cncn1C1CC1. The Labute approximate surface area is 66.2 Å². The fourth-order valence-corrected chi connectivity index (χ4v) is 1.33. The highest BCUT2D eigenvalue weighted by atomic mass is 15.1. The molecule has 0 bridgehead atoms. The van der Waals surface area contributed by atoms with Crippen molar-refractivity contribution in [3.05, 3.63) is 18.2 Å². The van der Waals surface area contributed by atoms with E-state index in [4.69, 9.17) is 5.73 Å². The molecule has 1 atom stereocenters. The summed E-state index contributed by atoms with van der Waals surface area (Å²) in [5.41, 5.74) is 6.92. The first-order chi connectivity index (χ1) is 5.29. The van der Waals surface area contributed by atoms with E-state index in [2.05, 4.69) is 9.55 Å². The van der Waals surface area contributed by atoms with Crippen LogP contribution in [0, 0.1) is 0 Å². The minimum absolute atomic E-state index is 0.109. The minimum atomic E-state index is 0.109. The Hall–Kier alpha value is -0.830. The van der Waals surface area contributed by atoms with Crippen molar-refractivity contribution in [2.75, 3.05) is 0 Å². The third-order valence-corrected chi connectivity index (χ3v) is 2.10. The van der Waals surface area contributed by atoms with Gasteiger partial charge < -0.3 is 10.3 Å². The van der Waals surface area contributed by atoms with Gasteiger partial charge >= 0.3 is 0 Å². The third kappa shape index (κ3) is 1.16. The summed E-state index contributed by atoms with van der Waals surface area (Å²) in [6, 6.07) is 0.802. The lowest BCUT2D eigenvalue weighted by atomic mass is 10.3. The van der Waals surface area contributed by atoms with Crippen molar-refractivity contribution in [3.8, 4) is 0 Å². The molecule has 0 amide bonds. The molecule has 2 rings (SSSR count). The van der Waals surface area contributed by atoms with Crippen molar-refractivity contribution in [1.29, 1.82) is 0 Å². The van der Waals surface area contributed by atoms with Crippen LogP contribution in [0.1, 0.15) is 37.5 Å². The molecule has 1 aliphatic rings. The molecule has 11 heavy (non-hydrogen) atoms. The summed E-state index contributed by atoms with van der Waals surface area (Å²) in [5.74, 6) is 0. The van der Waals surface area contributed by atoms with Crippen molar-refractivity contribution < 1.29 is 0 Å². The van der Waals surface area contributed by atoms with Gasteiger partial charge in [0.1, 0.15) is 0 Å². The van der Waals surface area contributed by atoms with Crippen LogP contribution < -0.4 is 5.73 Å². The number of hydrogen-bond acceptors (Lipinski definition) is 2. The molecule has 1 unspecified atom stereocenters. The number of rotatable bonds is 2. The average Bonchev–Trinajstić information content (AvgIpc) is 2.68. The van der Waals surface area contributed by atoms with Gasteiger partial charge in [0.05, 0.1) is 12.0 Å². The van der Waals surface area contributed by atoms with Crippen LogP contribution in [0.5, 0.6) is 0 Å². The van der Waals surface area contributed by atoms with Crippen LogP contribution in [0.2, 0.25) is 0 Å². The fourth-order valence-electron chi connectivity index (χ4n) is 1.33. The van der Waals surface area contributed by atoms with Gasteiger partial charge in [0.25, 0.3) is 0 Å². The highest BCUT2D eigenvalue weighted by Crippen LogP contribution is 2.36. The summed E-state index contributed by atoms with van der Waals surface area (Å²) in [6.45, 7) is 2.00. The van der Waals surface area contributed by atoms with E-state index in [-0.39, 0.29) is 6.04 Å². The van der Waals surface area contributed by atoms with E-state index in [1.54, 1.807) is 0 Å². The molecule has 1 aromatic heterocycles. The summed E-state index contributed by atoms with van der Waals surface area (Å²) < 4.78 is 2.20. The molecule has 3 nitrogen and oxygen atoms in total. The highest BCUT2D eigenvalue weighted by molar-refractivity contribution is 5.07. The van der Waals surface area contributed by atoms with Gasteiger partial charge in [0.15, 0.2) is 0 Å². The van der Waals surface area contributed by atoms with Gasteiger partial charge in [-0.3, -0.25) is 0 Å². The molecule has 2 N–H and O–H groups in total. The van der Waals surface area contributed by atoms with Crippen molar-refractivity contribution >= 4 is 0 Å². The van der Waals surface area contributed by atoms with Crippen molar-refractivity contribution in [2.24, 2.45) is 5.73 Å². The van der Waals surface area contributed by atoms with Crippen LogP contribution >= 0.6 is 0 Å². The minimum Gasteiger partial charge on any atom is -0.330 e. The topological polar surface area (TPSA) is 43.8 Å². The molecule has 0 radical (unpaired) electrons. The first-order valence-corrected chi connectivity index (χ1v) is 4.06. The van der Waals surface area contributed by atoms with Crippen LogP contribution in [0.4, 0.5) is 0 Å². The van der Waals surface area contributed by atoms with Gasteiger partial charge in [0.2, 0.25) is 0 Å². The van der Waals surface area contributed by atoms with Gasteiger partial charge in [-0.25, -0.2) is 4.98 Å². The van der Waals surface area contributed by atoms with Crippen LogP contribution in [-0.4, -0.2) is 9.55 Å². The smallest absolute Gasteiger partial charge is 0.0951 e. The number of hydrogen-bond donors (Lipinski definition) is 1. The largest absolute Gasteiger partial charge is 0.330 e. The first kappa shape index (κ1) is 6.85. The van der Waals surface area contributed by atoms with E-state index in [0.717, 1.165) is 5.69 Å². The predicted octanol–water partition coefficient (Wildman–Crippen LogP) is 1.24. The van der Waals surface area contributed by atoms with Crippen LogP contribution in [0.25, 0.3) is 0 Å². The molecule has 1 aliphatic carbocycles. The lowest BCUT2D eigenvalue weighted by Crippen LogP contribution is -2.10. The highest BCUT2D eigenvalue weighted by Gasteiger charge is 2.25. The Kier molecular flexibility index (Phi) is 1.46. The van der Waals surface area contributed by atoms with Gasteiger partial charge in [-0.15, -0.1) is 0 Å². The number of nitrogens with zero attached hydrogens (tertiary/aromatic N) is 2. The summed E-state index contributed by atoms with van der Waals surface area (Å²) in [4.78, 5) is 4.09. The summed E-state index contributed by atoms with van der Waals surface area (Å²) >= 11 is 0. The molecule has 1 heterocycles. The Morgan fingerprint density at radius 1 is 1.73 bits per heavy atom. The Bertz CT molecular complexity index is 231. The molecule has 1 fully saturated rings. The Balaban J connectivity index is 2.30. The molecular formula is C8H13N3. The van der Waals surface area contributed by atoms with Crippen LogP contribution in [0.15, 0.2) is 12.5 Å². The van der Waals surface area contributed by atoms with Crippen molar-refractivity contribution in [3.63, 3.8) is 0 Å². The first-order valence-electron chi connectivity index (χ1n) is 4.06. The molecule has 0 aliphatic heterocycles. The Morgan fingerprint density at radius 2 is 2.45 bits per heavy atom. The van der Waals surface area contributed by atoms with E-state index < -0.39 is 0 Å². The predicted molar refractivity (Wildman–Crippen MR) is 43.1 cm³/mol. The molecular weight excluding hydrogens is 138 g/mol. The van der Waals surface area contributed by atoms with E-state index in [1.807, 2.05) is 19.4 Å². The van der Waals surface area contributed by atoms with E-state index >= 15 is 0 Å². The zero-order valence-electron chi connectivity index (χ0n) is 6.70. The van der Waals surface area contributed by atoms with E-state index in [1.165, 1.54) is 12.8 Å². The third-order valence-electron chi connectivity index (χ3n) is 2.10. The molecule has 3 heteroatoms. The summed E-state index contributed by atoms with van der Waals surface area (Å²) in [6.07, 6.45) is 6.32. The number of imidazole rings is 1. The molecule has 60 valence electrons. The zero-order chi connectivity index (χ0) is 7.84. The van der Waals surface area contributed by atoms with Gasteiger partial charge in [-0.2, -0.15) is 0 Å². The van der Waals surface area contributed by atoms with Crippen LogP contribution in [0.3, 0.4) is 0 Å². The maximum atomic E-state index is 5.76. The van der Waals surface area contributed by atoms with Crippen molar-refractivity contribution in [1.82, 2.24) is 9.55 Å². The second-order valence-electron chi connectivity index (χ2n) is 3.25. The van der Waals surface area contributed by atoms with Crippen LogP contribution in [-0.2, 0) is 0 Å². The van der Waals surface area contributed by atoms with Gasteiger partial charge in [0, 0.05) is 18.3 Å². The zero-order valence-corrected chi connectivity index (χ0v) is 6.70. The molecule has 1 aromatic rings. The van der Waals surface area contributed by atoms with Crippen molar-refractivity contribution in [2.45, 2.75) is 31.8 Å². The monoisotopic (exact) mass is 151 g/mol. The fraction of sp³-hybridized carbons (Fsp3) is 0.625. The molecule has 0 spiro atoms. The summed E-state index contributed by atoms with van der Waals surface area (Å²) in [5, 5.41) is 0. The second-order valence-corrected chi connectivity index (χ2v) is 3.25. The second kappa shape index (κ2) is 2.34. The molecule has 0 saturated heterocycles. The molecule has 1 saturated carbocycles. The van der Waals surface area contributed by atoms with E-state index in [0.29, 0.717) is 6.04 Å². The lowest BCUT2D eigenvalue weighted by molar-refractivity contribution is 0.644. The molecule has 0 aromatic carbocycles. The average molecular weight is 151 g/mol. The summed E-state index contributed by atoms with van der Waals surface area (Å²) in [7, 11) is 0. The maximum Gasteiger partial charge on any atom is 0.0951 e. The van der Waals surface area contributed by atoms with Gasteiger partial charge in [-0.05, 0) is 19.8 Å². The standard InChI is InChI=1S/C8H13N3/c1-6(9)8-4-10-5-11(8)7-2-3-7/h4-7H,2-3,9H2,1H3. The quantitative estimate of drug-likeness (QED) is 0.691. The number of aromatic nitrogens is 2. The number of nitrogens with two attached hydrogens (primary N) is 1. The lowest BCUT2D eigenvalue weighted by Gasteiger charge is -2.08. The van der Waals surface area contributed by atoms with E-state index in [9.17, 15) is 0 Å². The van der Waals surface area contributed by atoms with Gasteiger partial charge in [-0.1, -0.05) is 0 Å². The maximum absolute atomic E-state index is 5.76.